The number of thioether (sulfide) groups is 1. The highest BCUT2D eigenvalue weighted by atomic mass is 79.9. The largest absolute Gasteiger partial charge is 0.396 e. The van der Waals surface area contributed by atoms with Crippen LogP contribution in [0.15, 0.2) is 15.7 Å². The van der Waals surface area contributed by atoms with Gasteiger partial charge in [-0.05, 0) is 29.3 Å². The molecule has 13 heavy (non-hydrogen) atoms. The number of aliphatic hydroxyl groups excluding tert-OH is 1. The van der Waals surface area contributed by atoms with E-state index in [9.17, 15) is 0 Å². The first-order chi connectivity index (χ1) is 6.22. The minimum absolute atomic E-state index is 0.234. The van der Waals surface area contributed by atoms with Gasteiger partial charge < -0.3 is 5.11 Å². The Kier molecular flexibility index (Phi) is 4.69. The van der Waals surface area contributed by atoms with Gasteiger partial charge in [0.25, 0.3) is 0 Å². The van der Waals surface area contributed by atoms with Gasteiger partial charge in [0, 0.05) is 18.4 Å². The predicted molar refractivity (Wildman–Crippen MR) is 56.9 cm³/mol. The van der Waals surface area contributed by atoms with E-state index in [2.05, 4.69) is 25.9 Å². The zero-order chi connectivity index (χ0) is 9.68. The van der Waals surface area contributed by atoms with E-state index >= 15 is 0 Å². The number of aromatic nitrogens is 2. The van der Waals surface area contributed by atoms with Gasteiger partial charge >= 0.3 is 0 Å². The quantitative estimate of drug-likeness (QED) is 0.513. The van der Waals surface area contributed by atoms with Crippen LogP contribution in [-0.4, -0.2) is 27.4 Å². The standard InChI is InChI=1S/C8H11BrN2OS/c1-6-10-7(9)5-8(11-6)13-4-2-3-12/h5,12H,2-4H2,1H3. The first-order valence-electron chi connectivity index (χ1n) is 3.97. The van der Waals surface area contributed by atoms with Gasteiger partial charge in [0.2, 0.25) is 0 Å². The van der Waals surface area contributed by atoms with E-state index in [0.29, 0.717) is 0 Å². The normalized spacial score (nSPS) is 10.4. The molecule has 0 amide bonds. The van der Waals surface area contributed by atoms with E-state index < -0.39 is 0 Å². The summed E-state index contributed by atoms with van der Waals surface area (Å²) in [4.78, 5) is 8.35. The molecule has 5 heteroatoms. The third-order valence-corrected chi connectivity index (χ3v) is 2.74. The molecule has 0 spiro atoms. The smallest absolute Gasteiger partial charge is 0.127 e. The summed E-state index contributed by atoms with van der Waals surface area (Å²) in [6, 6.07) is 1.88. The molecule has 0 aromatic carbocycles. The van der Waals surface area contributed by atoms with Crippen molar-refractivity contribution in [2.45, 2.75) is 18.4 Å². The van der Waals surface area contributed by atoms with Crippen molar-refractivity contribution in [2.75, 3.05) is 12.4 Å². The van der Waals surface area contributed by atoms with Crippen molar-refractivity contribution in [3.8, 4) is 0 Å². The second-order valence-corrected chi connectivity index (χ2v) is 4.43. The molecule has 1 rings (SSSR count). The molecule has 0 saturated carbocycles. The second-order valence-electron chi connectivity index (χ2n) is 2.50. The maximum atomic E-state index is 8.60. The zero-order valence-corrected chi connectivity index (χ0v) is 9.73. The summed E-state index contributed by atoms with van der Waals surface area (Å²) in [6.45, 7) is 2.10. The van der Waals surface area contributed by atoms with Crippen molar-refractivity contribution in [2.24, 2.45) is 0 Å². The van der Waals surface area contributed by atoms with E-state index in [1.165, 1.54) is 0 Å². The van der Waals surface area contributed by atoms with Gasteiger partial charge in [0.15, 0.2) is 0 Å². The molecule has 0 radical (unpaired) electrons. The van der Waals surface area contributed by atoms with E-state index in [1.807, 2.05) is 13.0 Å². The Hall–Kier alpha value is -0.130. The zero-order valence-electron chi connectivity index (χ0n) is 7.33. The number of halogens is 1. The highest BCUT2D eigenvalue weighted by molar-refractivity contribution is 9.10. The van der Waals surface area contributed by atoms with E-state index in [-0.39, 0.29) is 6.61 Å². The molecule has 0 bridgehead atoms. The molecule has 1 aromatic heterocycles. The Morgan fingerprint density at radius 2 is 2.31 bits per heavy atom. The molecular weight excluding hydrogens is 252 g/mol. The van der Waals surface area contributed by atoms with Crippen LogP contribution in [0.4, 0.5) is 0 Å². The monoisotopic (exact) mass is 262 g/mol. The van der Waals surface area contributed by atoms with Crippen molar-refractivity contribution in [1.82, 2.24) is 9.97 Å². The van der Waals surface area contributed by atoms with Crippen LogP contribution < -0.4 is 0 Å². The summed E-state index contributed by atoms with van der Waals surface area (Å²) < 4.78 is 0.812. The lowest BCUT2D eigenvalue weighted by molar-refractivity contribution is 0.296. The Balaban J connectivity index is 2.56. The lowest BCUT2D eigenvalue weighted by Gasteiger charge is -2.00. The summed E-state index contributed by atoms with van der Waals surface area (Å²) in [5.74, 6) is 1.65. The highest BCUT2D eigenvalue weighted by Crippen LogP contribution is 2.19. The number of aryl methyl sites for hydroxylation is 1. The molecule has 72 valence electrons. The summed E-state index contributed by atoms with van der Waals surface area (Å²) in [7, 11) is 0. The van der Waals surface area contributed by atoms with Crippen LogP contribution in [0.25, 0.3) is 0 Å². The number of nitrogens with zero attached hydrogens (tertiary/aromatic N) is 2. The molecule has 0 unspecified atom stereocenters. The lowest BCUT2D eigenvalue weighted by Crippen LogP contribution is -1.92. The number of aliphatic hydroxyl groups is 1. The molecule has 0 aliphatic rings. The molecule has 0 aliphatic heterocycles. The molecule has 1 N–H and O–H groups in total. The fourth-order valence-corrected chi connectivity index (χ4v) is 2.32. The van der Waals surface area contributed by atoms with Gasteiger partial charge in [-0.2, -0.15) is 0 Å². The number of hydrogen-bond donors (Lipinski definition) is 1. The average Bonchev–Trinajstić information content (AvgIpc) is 2.03. The van der Waals surface area contributed by atoms with Gasteiger partial charge in [-0.15, -0.1) is 11.8 Å². The summed E-state index contributed by atoms with van der Waals surface area (Å²) in [5.41, 5.74) is 0. The van der Waals surface area contributed by atoms with E-state index in [0.717, 1.165) is 27.6 Å². The van der Waals surface area contributed by atoms with Crippen LogP contribution >= 0.6 is 27.7 Å². The van der Waals surface area contributed by atoms with Gasteiger partial charge in [-0.3, -0.25) is 0 Å². The molecule has 1 heterocycles. The Bertz CT molecular complexity index is 263. The average molecular weight is 263 g/mol. The van der Waals surface area contributed by atoms with Crippen LogP contribution in [0.3, 0.4) is 0 Å². The van der Waals surface area contributed by atoms with Crippen LogP contribution in [0.5, 0.6) is 0 Å². The van der Waals surface area contributed by atoms with Crippen LogP contribution in [-0.2, 0) is 0 Å². The van der Waals surface area contributed by atoms with Crippen molar-refractivity contribution in [3.05, 3.63) is 16.5 Å². The first kappa shape index (κ1) is 10.9. The Morgan fingerprint density at radius 3 is 2.92 bits per heavy atom. The Morgan fingerprint density at radius 1 is 1.54 bits per heavy atom. The van der Waals surface area contributed by atoms with Crippen molar-refractivity contribution in [1.29, 1.82) is 0 Å². The van der Waals surface area contributed by atoms with Gasteiger partial charge in [0.05, 0.1) is 0 Å². The van der Waals surface area contributed by atoms with Crippen LogP contribution in [0.2, 0.25) is 0 Å². The molecule has 0 saturated heterocycles. The minimum atomic E-state index is 0.234. The van der Waals surface area contributed by atoms with Crippen LogP contribution in [0.1, 0.15) is 12.2 Å². The topological polar surface area (TPSA) is 46.0 Å². The van der Waals surface area contributed by atoms with Crippen molar-refractivity contribution < 1.29 is 5.11 Å². The third kappa shape index (κ3) is 4.06. The third-order valence-electron chi connectivity index (χ3n) is 1.34. The highest BCUT2D eigenvalue weighted by Gasteiger charge is 1.99. The van der Waals surface area contributed by atoms with Gasteiger partial charge in [-0.1, -0.05) is 0 Å². The minimum Gasteiger partial charge on any atom is -0.396 e. The first-order valence-corrected chi connectivity index (χ1v) is 5.75. The molecule has 1 aromatic rings. The molecule has 0 fully saturated rings. The summed E-state index contributed by atoms with van der Waals surface area (Å²) >= 11 is 4.94. The SMILES string of the molecule is Cc1nc(Br)cc(SCCCO)n1. The second kappa shape index (κ2) is 5.57. The van der Waals surface area contributed by atoms with Crippen molar-refractivity contribution in [3.63, 3.8) is 0 Å². The molecule has 0 atom stereocenters. The predicted octanol–water partition coefficient (Wildman–Crippen LogP) is 2.02. The van der Waals surface area contributed by atoms with E-state index in [1.54, 1.807) is 11.8 Å². The fourth-order valence-electron chi connectivity index (χ4n) is 0.821. The molecule has 0 aliphatic carbocycles. The maximum Gasteiger partial charge on any atom is 0.127 e. The summed E-state index contributed by atoms with van der Waals surface area (Å²) in [5, 5.41) is 9.55. The molecule has 3 nitrogen and oxygen atoms in total. The maximum absolute atomic E-state index is 8.60. The lowest BCUT2D eigenvalue weighted by atomic mass is 10.5. The Labute approximate surface area is 90.1 Å². The number of hydrogen-bond acceptors (Lipinski definition) is 4. The fraction of sp³-hybridized carbons (Fsp3) is 0.500. The van der Waals surface area contributed by atoms with Gasteiger partial charge in [-0.25, -0.2) is 9.97 Å². The van der Waals surface area contributed by atoms with Gasteiger partial charge in [0.1, 0.15) is 15.5 Å². The van der Waals surface area contributed by atoms with E-state index in [4.69, 9.17) is 5.11 Å². The van der Waals surface area contributed by atoms with Crippen LogP contribution in [0, 0.1) is 6.92 Å². The molecular formula is C8H11BrN2OS. The summed E-state index contributed by atoms with van der Waals surface area (Å²) in [6.07, 6.45) is 0.797. The van der Waals surface area contributed by atoms with Crippen molar-refractivity contribution >= 4 is 27.7 Å². The number of rotatable bonds is 4.